The van der Waals surface area contributed by atoms with E-state index in [-0.39, 0.29) is 5.91 Å². The fourth-order valence-electron chi connectivity index (χ4n) is 5.18. The van der Waals surface area contributed by atoms with Gasteiger partial charge in [-0.15, -0.1) is 0 Å². The van der Waals surface area contributed by atoms with Crippen molar-refractivity contribution in [2.24, 2.45) is 0 Å². The maximum absolute atomic E-state index is 14.1. The summed E-state index contributed by atoms with van der Waals surface area (Å²) >= 11 is 3.75. The van der Waals surface area contributed by atoms with Crippen molar-refractivity contribution in [1.29, 1.82) is 0 Å². The molecule has 5 rings (SSSR count). The molecule has 1 unspecified atom stereocenters. The summed E-state index contributed by atoms with van der Waals surface area (Å²) in [6.07, 6.45) is 1.98. The number of unbranched alkanes of at least 4 members (excludes halogenated alkanes) is 1. The summed E-state index contributed by atoms with van der Waals surface area (Å²) in [5.41, 5.74) is 6.94. The third kappa shape index (κ3) is 5.32. The molecule has 0 saturated carbocycles. The lowest BCUT2D eigenvalue weighted by Gasteiger charge is -2.31. The highest BCUT2D eigenvalue weighted by molar-refractivity contribution is 9.10. The molecule has 3 aromatic carbocycles. The van der Waals surface area contributed by atoms with Crippen LogP contribution in [0.3, 0.4) is 0 Å². The minimum absolute atomic E-state index is 0.178. The van der Waals surface area contributed by atoms with Gasteiger partial charge in [0.1, 0.15) is 0 Å². The van der Waals surface area contributed by atoms with E-state index in [1.807, 2.05) is 76.2 Å². The number of anilines is 2. The second-order valence-electron chi connectivity index (χ2n) is 10.1. The second kappa shape index (κ2) is 11.8. The van der Waals surface area contributed by atoms with Gasteiger partial charge in [-0.05, 0) is 91.5 Å². The van der Waals surface area contributed by atoms with Crippen LogP contribution in [-0.2, 0) is 4.79 Å². The van der Waals surface area contributed by atoms with Crippen LogP contribution < -0.4 is 20.1 Å². The van der Waals surface area contributed by atoms with Crippen molar-refractivity contribution in [3.8, 4) is 11.5 Å². The third-order valence-electron chi connectivity index (χ3n) is 7.10. The van der Waals surface area contributed by atoms with Crippen LogP contribution in [0.15, 0.2) is 70.3 Å². The van der Waals surface area contributed by atoms with Gasteiger partial charge in [0.2, 0.25) is 5.95 Å². The lowest BCUT2D eigenvalue weighted by atomic mass is 9.93. The Bertz CT molecular complexity index is 1610. The number of nitrogens with one attached hydrogen (secondary N) is 2. The first-order valence-electron chi connectivity index (χ1n) is 13.7. The van der Waals surface area contributed by atoms with Gasteiger partial charge in [0.15, 0.2) is 11.5 Å². The SMILES string of the molecule is CCCCOc1c(Br)cc(C2C(C(=O)Nc3ccc(C)cc3C)=C(C)Nc3nc4ccccc4n32)cc1OCC. The maximum atomic E-state index is 14.1. The molecule has 0 bridgehead atoms. The van der Waals surface area contributed by atoms with E-state index >= 15 is 0 Å². The summed E-state index contributed by atoms with van der Waals surface area (Å²) in [5, 5.41) is 6.56. The molecular weight excluding hydrogens is 568 g/mol. The van der Waals surface area contributed by atoms with E-state index in [9.17, 15) is 4.79 Å². The molecule has 8 heteroatoms. The number of nitrogens with zero attached hydrogens (tertiary/aromatic N) is 2. The number of hydrogen-bond donors (Lipinski definition) is 2. The van der Waals surface area contributed by atoms with E-state index in [4.69, 9.17) is 14.5 Å². The number of amides is 1. The van der Waals surface area contributed by atoms with Crippen molar-refractivity contribution in [1.82, 2.24) is 9.55 Å². The molecule has 1 atom stereocenters. The molecule has 1 aromatic heterocycles. The molecule has 1 aliphatic rings. The lowest BCUT2D eigenvalue weighted by Crippen LogP contribution is -2.31. The highest BCUT2D eigenvalue weighted by Crippen LogP contribution is 2.45. The minimum atomic E-state index is -0.463. The minimum Gasteiger partial charge on any atom is -0.490 e. The Morgan fingerprint density at radius 3 is 2.62 bits per heavy atom. The number of aryl methyl sites for hydroxylation is 2. The molecule has 2 heterocycles. The Balaban J connectivity index is 1.66. The number of carbonyl (C=O) groups is 1. The van der Waals surface area contributed by atoms with Gasteiger partial charge in [0.05, 0.1) is 40.3 Å². The van der Waals surface area contributed by atoms with Crippen molar-refractivity contribution in [3.05, 3.63) is 87.0 Å². The predicted molar refractivity (Wildman–Crippen MR) is 164 cm³/mol. The van der Waals surface area contributed by atoms with Crippen LogP contribution in [0, 0.1) is 13.8 Å². The smallest absolute Gasteiger partial charge is 0.255 e. The van der Waals surface area contributed by atoms with Gasteiger partial charge in [-0.1, -0.05) is 43.2 Å². The average Bonchev–Trinajstić information content (AvgIpc) is 3.28. The first-order chi connectivity index (χ1) is 19.3. The van der Waals surface area contributed by atoms with Crippen molar-refractivity contribution >= 4 is 44.5 Å². The Morgan fingerprint density at radius 1 is 1.07 bits per heavy atom. The molecule has 0 spiro atoms. The molecule has 40 heavy (non-hydrogen) atoms. The van der Waals surface area contributed by atoms with Gasteiger partial charge in [-0.3, -0.25) is 9.36 Å². The topological polar surface area (TPSA) is 77.4 Å². The molecule has 7 nitrogen and oxygen atoms in total. The number of fused-ring (bicyclic) bond motifs is 3. The van der Waals surface area contributed by atoms with Gasteiger partial charge in [-0.2, -0.15) is 0 Å². The van der Waals surface area contributed by atoms with Gasteiger partial charge >= 0.3 is 0 Å². The van der Waals surface area contributed by atoms with Crippen LogP contribution in [0.5, 0.6) is 11.5 Å². The van der Waals surface area contributed by atoms with Crippen molar-refractivity contribution in [3.63, 3.8) is 0 Å². The number of carbonyl (C=O) groups excluding carboxylic acids is 1. The highest BCUT2D eigenvalue weighted by Gasteiger charge is 2.35. The summed E-state index contributed by atoms with van der Waals surface area (Å²) in [6.45, 7) is 11.1. The second-order valence-corrected chi connectivity index (χ2v) is 11.0. The quantitative estimate of drug-likeness (QED) is 0.190. The Hall–Kier alpha value is -3.78. The first-order valence-corrected chi connectivity index (χ1v) is 14.5. The normalized spacial score (nSPS) is 14.6. The number of hydrogen-bond acceptors (Lipinski definition) is 5. The van der Waals surface area contributed by atoms with Crippen LogP contribution in [-0.4, -0.2) is 28.7 Å². The summed E-state index contributed by atoms with van der Waals surface area (Å²) < 4.78 is 15.1. The van der Waals surface area contributed by atoms with Gasteiger partial charge in [-0.25, -0.2) is 4.98 Å². The van der Waals surface area contributed by atoms with Gasteiger partial charge in [0, 0.05) is 11.4 Å². The van der Waals surface area contributed by atoms with Gasteiger partial charge in [0.25, 0.3) is 5.91 Å². The van der Waals surface area contributed by atoms with Crippen LogP contribution in [0.4, 0.5) is 11.6 Å². The fraction of sp³-hybridized carbons (Fsp3) is 0.312. The predicted octanol–water partition coefficient (Wildman–Crippen LogP) is 7.92. The number of imidazole rings is 1. The summed E-state index contributed by atoms with van der Waals surface area (Å²) in [4.78, 5) is 18.9. The first kappa shape index (κ1) is 27.8. The molecule has 0 saturated heterocycles. The molecule has 4 aromatic rings. The Kier molecular flexibility index (Phi) is 8.17. The maximum Gasteiger partial charge on any atom is 0.255 e. The van der Waals surface area contributed by atoms with E-state index in [0.717, 1.165) is 56.4 Å². The zero-order chi connectivity index (χ0) is 28.4. The zero-order valence-electron chi connectivity index (χ0n) is 23.6. The number of allylic oxidation sites excluding steroid dienone is 1. The molecule has 0 fully saturated rings. The van der Waals surface area contributed by atoms with E-state index < -0.39 is 6.04 Å². The molecule has 208 valence electrons. The lowest BCUT2D eigenvalue weighted by molar-refractivity contribution is -0.113. The summed E-state index contributed by atoms with van der Waals surface area (Å²) in [7, 11) is 0. The standard InChI is InChI=1S/C32H35BrN4O3/c1-6-8-15-40-30-23(33)17-22(18-27(30)39-7-2)29-28(31(38)35-24-14-13-19(3)16-20(24)4)21(5)34-32-36-25-11-9-10-12-26(25)37(29)32/h9-14,16-18,29H,6-8,15H2,1-5H3,(H,34,36)(H,35,38). The van der Waals surface area contributed by atoms with Crippen LogP contribution in [0.1, 0.15) is 56.3 Å². The average molecular weight is 604 g/mol. The van der Waals surface area contributed by atoms with E-state index in [2.05, 4.69) is 44.1 Å². The number of halogens is 1. The number of aromatic nitrogens is 2. The van der Waals surface area contributed by atoms with Crippen LogP contribution in [0.25, 0.3) is 11.0 Å². The summed E-state index contributed by atoms with van der Waals surface area (Å²) in [6, 6.07) is 17.5. The molecule has 0 aliphatic carbocycles. The van der Waals surface area contributed by atoms with Crippen molar-refractivity contribution in [2.45, 2.75) is 53.5 Å². The van der Waals surface area contributed by atoms with Crippen LogP contribution >= 0.6 is 15.9 Å². The van der Waals surface area contributed by atoms with E-state index in [1.54, 1.807) is 0 Å². The van der Waals surface area contributed by atoms with E-state index in [0.29, 0.717) is 36.2 Å². The number of ether oxygens (including phenoxy) is 2. The van der Waals surface area contributed by atoms with Gasteiger partial charge < -0.3 is 20.1 Å². The largest absolute Gasteiger partial charge is 0.490 e. The van der Waals surface area contributed by atoms with E-state index in [1.165, 1.54) is 0 Å². The third-order valence-corrected chi connectivity index (χ3v) is 7.69. The monoisotopic (exact) mass is 602 g/mol. The zero-order valence-corrected chi connectivity index (χ0v) is 25.2. The molecule has 0 radical (unpaired) electrons. The molecular formula is C32H35BrN4O3. The Labute approximate surface area is 243 Å². The molecule has 1 aliphatic heterocycles. The summed E-state index contributed by atoms with van der Waals surface area (Å²) in [5.74, 6) is 1.82. The number of benzene rings is 3. The van der Waals surface area contributed by atoms with Crippen molar-refractivity contribution in [2.75, 3.05) is 23.8 Å². The van der Waals surface area contributed by atoms with Crippen molar-refractivity contribution < 1.29 is 14.3 Å². The number of rotatable bonds is 9. The molecule has 1 amide bonds. The van der Waals surface area contributed by atoms with Crippen LogP contribution in [0.2, 0.25) is 0 Å². The highest BCUT2D eigenvalue weighted by atomic mass is 79.9. The Morgan fingerprint density at radius 2 is 1.88 bits per heavy atom. The fourth-order valence-corrected chi connectivity index (χ4v) is 5.76. The molecule has 2 N–H and O–H groups in total. The number of para-hydroxylation sites is 2.